The average Bonchev–Trinajstić information content (AvgIpc) is 2.76. The molecule has 1 aliphatic carbocycles. The van der Waals surface area contributed by atoms with E-state index in [0.717, 1.165) is 19.3 Å². The monoisotopic (exact) mass is 393 g/mol. The lowest BCUT2D eigenvalue weighted by Crippen LogP contribution is -2.33. The Kier molecular flexibility index (Phi) is 5.00. The third kappa shape index (κ3) is 3.99. The molecule has 0 bridgehead atoms. The Morgan fingerprint density at radius 1 is 1.38 bits per heavy atom. The maximum Gasteiger partial charge on any atom is 0.261 e. The van der Waals surface area contributed by atoms with Gasteiger partial charge in [-0.3, -0.25) is 4.79 Å². The minimum atomic E-state index is -3.87. The van der Waals surface area contributed by atoms with Gasteiger partial charge < -0.3 is 5.32 Å². The zero-order chi connectivity index (χ0) is 15.8. The summed E-state index contributed by atoms with van der Waals surface area (Å²) in [5, 5.41) is 2.97. The first-order chi connectivity index (χ1) is 9.68. The smallest absolute Gasteiger partial charge is 0.261 e. The summed E-state index contributed by atoms with van der Waals surface area (Å²) < 4.78 is 23.5. The SMILES string of the molecule is Cc1c(Br)cc(S(=O)(=O)Cl)cc1C(=O)NC1CCC(C)C1. The van der Waals surface area contributed by atoms with E-state index in [1.807, 2.05) is 0 Å². The fourth-order valence-corrected chi connectivity index (χ4v) is 4.03. The first-order valence-electron chi connectivity index (χ1n) is 6.74. The highest BCUT2D eigenvalue weighted by Crippen LogP contribution is 2.28. The molecule has 1 aromatic carbocycles. The van der Waals surface area contributed by atoms with Crippen molar-refractivity contribution in [2.45, 2.75) is 44.0 Å². The Hall–Kier alpha value is -0.590. The predicted octanol–water partition coefficient (Wildman–Crippen LogP) is 3.60. The highest BCUT2D eigenvalue weighted by molar-refractivity contribution is 9.10. The largest absolute Gasteiger partial charge is 0.349 e. The standard InChI is InChI=1S/C14H17BrClNO3S/c1-8-3-4-10(5-8)17-14(18)12-6-11(21(16,19)20)7-13(15)9(12)2/h6-8,10H,3-5H2,1-2H3,(H,17,18). The molecule has 21 heavy (non-hydrogen) atoms. The van der Waals surface area contributed by atoms with Gasteiger partial charge in [0.15, 0.2) is 0 Å². The predicted molar refractivity (Wildman–Crippen MR) is 86.2 cm³/mol. The van der Waals surface area contributed by atoms with Gasteiger partial charge in [-0.2, -0.15) is 0 Å². The van der Waals surface area contributed by atoms with Crippen LogP contribution in [0.3, 0.4) is 0 Å². The van der Waals surface area contributed by atoms with E-state index in [-0.39, 0.29) is 16.8 Å². The molecule has 0 heterocycles. The number of halogens is 2. The minimum Gasteiger partial charge on any atom is -0.349 e. The van der Waals surface area contributed by atoms with Crippen molar-refractivity contribution in [1.82, 2.24) is 5.32 Å². The van der Waals surface area contributed by atoms with Gasteiger partial charge in [-0.1, -0.05) is 22.9 Å². The number of carbonyl (C=O) groups is 1. The molecule has 116 valence electrons. The van der Waals surface area contributed by atoms with Crippen molar-refractivity contribution < 1.29 is 13.2 Å². The van der Waals surface area contributed by atoms with Gasteiger partial charge in [0.1, 0.15) is 0 Å². The number of amides is 1. The number of carbonyl (C=O) groups excluding carboxylic acids is 1. The van der Waals surface area contributed by atoms with Gasteiger partial charge in [0, 0.05) is 26.8 Å². The van der Waals surface area contributed by atoms with Crippen LogP contribution in [0.5, 0.6) is 0 Å². The first kappa shape index (κ1) is 16.8. The summed E-state index contributed by atoms with van der Waals surface area (Å²) >= 11 is 3.28. The molecule has 1 fully saturated rings. The Morgan fingerprint density at radius 2 is 2.05 bits per heavy atom. The Labute approximate surface area is 137 Å². The molecule has 1 aromatic rings. The lowest BCUT2D eigenvalue weighted by Gasteiger charge is -2.15. The zero-order valence-corrected chi connectivity index (χ0v) is 15.0. The molecule has 0 spiro atoms. The van der Waals surface area contributed by atoms with Crippen LogP contribution in [0.1, 0.15) is 42.1 Å². The highest BCUT2D eigenvalue weighted by atomic mass is 79.9. The Balaban J connectivity index is 2.30. The summed E-state index contributed by atoms with van der Waals surface area (Å²) in [5.74, 6) is 0.354. The Bertz CT molecular complexity index is 675. The molecule has 1 amide bonds. The van der Waals surface area contributed by atoms with Crippen molar-refractivity contribution in [2.24, 2.45) is 5.92 Å². The second kappa shape index (κ2) is 6.26. The molecule has 2 rings (SSSR count). The number of hydrogen-bond acceptors (Lipinski definition) is 3. The normalized spacial score (nSPS) is 22.3. The highest BCUT2D eigenvalue weighted by Gasteiger charge is 2.25. The molecule has 1 aliphatic rings. The Morgan fingerprint density at radius 3 is 2.57 bits per heavy atom. The van der Waals surface area contributed by atoms with Crippen LogP contribution >= 0.6 is 26.6 Å². The van der Waals surface area contributed by atoms with Crippen molar-refractivity contribution in [3.63, 3.8) is 0 Å². The fraction of sp³-hybridized carbons (Fsp3) is 0.500. The summed E-state index contributed by atoms with van der Waals surface area (Å²) in [6.07, 6.45) is 3.02. The summed E-state index contributed by atoms with van der Waals surface area (Å²) in [6, 6.07) is 2.89. The van der Waals surface area contributed by atoms with Crippen LogP contribution in [0, 0.1) is 12.8 Å². The molecule has 1 N–H and O–H groups in total. The number of benzene rings is 1. The van der Waals surface area contributed by atoms with Crippen molar-refractivity contribution in [1.29, 1.82) is 0 Å². The number of nitrogens with one attached hydrogen (secondary N) is 1. The van der Waals surface area contributed by atoms with Crippen LogP contribution in [-0.2, 0) is 9.05 Å². The topological polar surface area (TPSA) is 63.2 Å². The van der Waals surface area contributed by atoms with Gasteiger partial charge >= 0.3 is 0 Å². The van der Waals surface area contributed by atoms with E-state index in [9.17, 15) is 13.2 Å². The molecular formula is C14H17BrClNO3S. The lowest BCUT2D eigenvalue weighted by molar-refractivity contribution is 0.0936. The summed E-state index contributed by atoms with van der Waals surface area (Å²) in [4.78, 5) is 12.3. The second-order valence-corrected chi connectivity index (χ2v) is 9.02. The molecule has 1 saturated carbocycles. The zero-order valence-electron chi connectivity index (χ0n) is 11.8. The maximum atomic E-state index is 12.4. The van der Waals surface area contributed by atoms with Crippen LogP contribution < -0.4 is 5.32 Å². The van der Waals surface area contributed by atoms with Crippen molar-refractivity contribution in [3.05, 3.63) is 27.7 Å². The van der Waals surface area contributed by atoms with E-state index < -0.39 is 9.05 Å². The molecule has 2 atom stereocenters. The number of rotatable bonds is 3. The molecule has 0 aromatic heterocycles. The molecule has 4 nitrogen and oxygen atoms in total. The van der Waals surface area contributed by atoms with Gasteiger partial charge in [0.25, 0.3) is 15.0 Å². The molecule has 0 aliphatic heterocycles. The van der Waals surface area contributed by atoms with Crippen molar-refractivity contribution >= 4 is 41.6 Å². The third-order valence-electron chi connectivity index (χ3n) is 3.87. The maximum absolute atomic E-state index is 12.4. The first-order valence-corrected chi connectivity index (χ1v) is 9.84. The average molecular weight is 395 g/mol. The van der Waals surface area contributed by atoms with Gasteiger partial charge in [0.05, 0.1) is 4.90 Å². The molecule has 7 heteroatoms. The summed E-state index contributed by atoms with van der Waals surface area (Å²) in [7, 11) is 1.50. The molecular weight excluding hydrogens is 378 g/mol. The summed E-state index contributed by atoms with van der Waals surface area (Å²) in [6.45, 7) is 3.93. The van der Waals surface area contributed by atoms with E-state index in [1.165, 1.54) is 12.1 Å². The molecule has 0 radical (unpaired) electrons. The molecule has 0 saturated heterocycles. The van der Waals surface area contributed by atoms with E-state index >= 15 is 0 Å². The van der Waals surface area contributed by atoms with Crippen LogP contribution in [0.25, 0.3) is 0 Å². The van der Waals surface area contributed by atoms with Crippen molar-refractivity contribution in [3.8, 4) is 0 Å². The van der Waals surface area contributed by atoms with Crippen molar-refractivity contribution in [2.75, 3.05) is 0 Å². The number of hydrogen-bond donors (Lipinski definition) is 1. The minimum absolute atomic E-state index is 0.0772. The van der Waals surface area contributed by atoms with Crippen LogP contribution in [0.15, 0.2) is 21.5 Å². The van der Waals surface area contributed by atoms with Gasteiger partial charge in [-0.05, 0) is 49.8 Å². The second-order valence-electron chi connectivity index (χ2n) is 5.60. The third-order valence-corrected chi connectivity index (χ3v) is 6.03. The quantitative estimate of drug-likeness (QED) is 0.797. The summed E-state index contributed by atoms with van der Waals surface area (Å²) in [5.41, 5.74) is 1.03. The molecule has 2 unspecified atom stereocenters. The van der Waals surface area contributed by atoms with Gasteiger partial charge in [0.2, 0.25) is 0 Å². The van der Waals surface area contributed by atoms with Crippen LogP contribution in [0.2, 0.25) is 0 Å². The van der Waals surface area contributed by atoms with Crippen LogP contribution in [0.4, 0.5) is 0 Å². The van der Waals surface area contributed by atoms with E-state index in [4.69, 9.17) is 10.7 Å². The lowest BCUT2D eigenvalue weighted by atomic mass is 10.1. The van der Waals surface area contributed by atoms with Gasteiger partial charge in [-0.15, -0.1) is 0 Å². The van der Waals surface area contributed by atoms with E-state index in [0.29, 0.717) is 21.5 Å². The van der Waals surface area contributed by atoms with Crippen LogP contribution in [-0.4, -0.2) is 20.4 Å². The van der Waals surface area contributed by atoms with E-state index in [1.54, 1.807) is 6.92 Å². The van der Waals surface area contributed by atoms with Gasteiger partial charge in [-0.25, -0.2) is 8.42 Å². The van der Waals surface area contributed by atoms with E-state index in [2.05, 4.69) is 28.2 Å². The fourth-order valence-electron chi connectivity index (χ4n) is 2.63.